The monoisotopic (exact) mass is 482 g/mol. The number of para-hydroxylation sites is 2. The van der Waals surface area contributed by atoms with Crippen LogP contribution < -0.4 is 14.4 Å². The summed E-state index contributed by atoms with van der Waals surface area (Å²) in [5.41, 5.74) is 2.42. The average Bonchev–Trinajstić information content (AvgIpc) is 3.34. The van der Waals surface area contributed by atoms with Crippen molar-refractivity contribution in [2.24, 2.45) is 0 Å². The van der Waals surface area contributed by atoms with E-state index < -0.39 is 12.1 Å². The van der Waals surface area contributed by atoms with Crippen LogP contribution in [0.15, 0.2) is 95.4 Å². The predicted molar refractivity (Wildman–Crippen MR) is 139 cm³/mol. The molecule has 0 fully saturated rings. The van der Waals surface area contributed by atoms with Gasteiger partial charge in [-0.1, -0.05) is 60.7 Å². The standard InChI is InChI=1S/C29H26N2O5/c1-31(29-30-24-10-4-5-11-26(24)36-29)17-18-34-22-15-13-20(14-16-22)19-27(28(32)33)35-25-12-6-8-21-7-2-3-9-23(21)25/h2-16,27H,17-19H2,1H3,(H,32,33). The number of carboxylic acids is 1. The van der Waals surface area contributed by atoms with E-state index in [1.165, 1.54) is 0 Å². The minimum Gasteiger partial charge on any atom is -0.492 e. The number of rotatable bonds is 10. The maximum Gasteiger partial charge on any atom is 0.345 e. The normalized spacial score (nSPS) is 11.9. The van der Waals surface area contributed by atoms with Crippen molar-refractivity contribution in [3.63, 3.8) is 0 Å². The van der Waals surface area contributed by atoms with E-state index in [4.69, 9.17) is 13.9 Å². The molecule has 4 aromatic carbocycles. The number of hydrogen-bond acceptors (Lipinski definition) is 6. The molecule has 1 aromatic heterocycles. The Morgan fingerprint density at radius 2 is 1.72 bits per heavy atom. The Kier molecular flexibility index (Phi) is 6.71. The quantitative estimate of drug-likeness (QED) is 0.278. The van der Waals surface area contributed by atoms with Crippen LogP contribution in [-0.2, 0) is 11.2 Å². The van der Waals surface area contributed by atoms with Gasteiger partial charge < -0.3 is 23.9 Å². The van der Waals surface area contributed by atoms with Gasteiger partial charge in [-0.3, -0.25) is 0 Å². The Labute approximate surface area is 208 Å². The summed E-state index contributed by atoms with van der Waals surface area (Å²) in [7, 11) is 1.90. The molecule has 0 spiro atoms. The molecule has 5 rings (SSSR count). The van der Waals surface area contributed by atoms with Gasteiger partial charge in [-0.15, -0.1) is 0 Å². The number of fused-ring (bicyclic) bond motifs is 2. The molecule has 1 unspecified atom stereocenters. The fraction of sp³-hybridized carbons (Fsp3) is 0.172. The van der Waals surface area contributed by atoms with Gasteiger partial charge in [-0.25, -0.2) is 4.79 Å². The van der Waals surface area contributed by atoms with Crippen LogP contribution in [0.2, 0.25) is 0 Å². The highest BCUT2D eigenvalue weighted by Crippen LogP contribution is 2.27. The smallest absolute Gasteiger partial charge is 0.345 e. The number of aliphatic carboxylic acids is 1. The summed E-state index contributed by atoms with van der Waals surface area (Å²) in [6, 6.07) is 29.0. The van der Waals surface area contributed by atoms with Crippen molar-refractivity contribution < 1.29 is 23.8 Å². The van der Waals surface area contributed by atoms with Gasteiger partial charge >= 0.3 is 5.97 Å². The maximum atomic E-state index is 11.9. The molecule has 5 aromatic rings. The van der Waals surface area contributed by atoms with Crippen LogP contribution >= 0.6 is 0 Å². The molecule has 1 heterocycles. The van der Waals surface area contributed by atoms with Gasteiger partial charge in [0.15, 0.2) is 11.7 Å². The molecule has 0 saturated heterocycles. The number of ether oxygens (including phenoxy) is 2. The zero-order valence-corrected chi connectivity index (χ0v) is 19.8. The first kappa shape index (κ1) is 23.2. The van der Waals surface area contributed by atoms with Crippen molar-refractivity contribution in [1.82, 2.24) is 4.98 Å². The van der Waals surface area contributed by atoms with E-state index in [0.29, 0.717) is 30.7 Å². The van der Waals surface area contributed by atoms with Crippen LogP contribution in [-0.4, -0.2) is 42.4 Å². The van der Waals surface area contributed by atoms with E-state index in [1.807, 2.05) is 96.9 Å². The zero-order valence-electron chi connectivity index (χ0n) is 19.8. The van der Waals surface area contributed by atoms with E-state index in [2.05, 4.69) is 4.98 Å². The third kappa shape index (κ3) is 5.25. The van der Waals surface area contributed by atoms with Crippen molar-refractivity contribution in [3.05, 3.63) is 96.6 Å². The molecule has 0 amide bonds. The van der Waals surface area contributed by atoms with Crippen LogP contribution in [0, 0.1) is 0 Å². The molecule has 0 aliphatic heterocycles. The highest BCUT2D eigenvalue weighted by molar-refractivity contribution is 5.88. The molecular weight excluding hydrogens is 456 g/mol. The first-order chi connectivity index (χ1) is 17.6. The van der Waals surface area contributed by atoms with Crippen LogP contribution in [0.3, 0.4) is 0 Å². The zero-order chi connectivity index (χ0) is 24.9. The fourth-order valence-electron chi connectivity index (χ4n) is 3.99. The molecule has 1 N–H and O–H groups in total. The van der Waals surface area contributed by atoms with Crippen LogP contribution in [0.4, 0.5) is 6.01 Å². The van der Waals surface area contributed by atoms with E-state index in [0.717, 1.165) is 27.4 Å². The van der Waals surface area contributed by atoms with Crippen LogP contribution in [0.25, 0.3) is 21.9 Å². The maximum absolute atomic E-state index is 11.9. The molecule has 0 aliphatic rings. The van der Waals surface area contributed by atoms with E-state index in [-0.39, 0.29) is 6.42 Å². The number of carboxylic acid groups (broad SMARTS) is 1. The number of benzene rings is 4. The summed E-state index contributed by atoms with van der Waals surface area (Å²) in [5, 5.41) is 11.7. The molecule has 36 heavy (non-hydrogen) atoms. The lowest BCUT2D eigenvalue weighted by Gasteiger charge is -2.17. The van der Waals surface area contributed by atoms with Crippen molar-refractivity contribution >= 4 is 33.9 Å². The van der Waals surface area contributed by atoms with E-state index in [9.17, 15) is 9.90 Å². The number of nitrogens with zero attached hydrogens (tertiary/aromatic N) is 2. The molecular formula is C29H26N2O5. The van der Waals surface area contributed by atoms with Gasteiger partial charge in [-0.2, -0.15) is 4.98 Å². The van der Waals surface area contributed by atoms with E-state index >= 15 is 0 Å². The summed E-state index contributed by atoms with van der Waals surface area (Å²) in [5.74, 6) is 0.251. The lowest BCUT2D eigenvalue weighted by Crippen LogP contribution is -2.29. The molecule has 1 atom stereocenters. The number of carbonyl (C=O) groups is 1. The van der Waals surface area contributed by atoms with Gasteiger partial charge in [0.05, 0.1) is 6.54 Å². The van der Waals surface area contributed by atoms with Crippen molar-refractivity contribution in [2.75, 3.05) is 25.1 Å². The van der Waals surface area contributed by atoms with Crippen molar-refractivity contribution in [2.45, 2.75) is 12.5 Å². The van der Waals surface area contributed by atoms with Crippen molar-refractivity contribution in [3.8, 4) is 11.5 Å². The summed E-state index contributed by atoms with van der Waals surface area (Å²) in [6.45, 7) is 1.03. The number of anilines is 1. The van der Waals surface area contributed by atoms with E-state index in [1.54, 1.807) is 6.07 Å². The molecule has 182 valence electrons. The average molecular weight is 483 g/mol. The van der Waals surface area contributed by atoms with Gasteiger partial charge in [0.25, 0.3) is 6.01 Å². The molecule has 7 heteroatoms. The Balaban J connectivity index is 1.17. The largest absolute Gasteiger partial charge is 0.492 e. The Hall–Kier alpha value is -4.52. The Morgan fingerprint density at radius 1 is 0.972 bits per heavy atom. The predicted octanol–water partition coefficient (Wildman–Crippen LogP) is 5.57. The number of oxazole rings is 1. The third-order valence-electron chi connectivity index (χ3n) is 5.94. The topological polar surface area (TPSA) is 85.0 Å². The number of aromatic nitrogens is 1. The lowest BCUT2D eigenvalue weighted by atomic mass is 10.1. The Bertz CT molecular complexity index is 1440. The highest BCUT2D eigenvalue weighted by Gasteiger charge is 2.21. The summed E-state index contributed by atoms with van der Waals surface area (Å²) in [6.07, 6.45) is -0.772. The van der Waals surface area contributed by atoms with Crippen LogP contribution in [0.5, 0.6) is 11.5 Å². The number of likely N-dealkylation sites (N-methyl/N-ethyl adjacent to an activating group) is 1. The fourth-order valence-corrected chi connectivity index (χ4v) is 3.99. The first-order valence-corrected chi connectivity index (χ1v) is 11.7. The third-order valence-corrected chi connectivity index (χ3v) is 5.94. The van der Waals surface area contributed by atoms with Crippen molar-refractivity contribution in [1.29, 1.82) is 0 Å². The Morgan fingerprint density at radius 3 is 2.53 bits per heavy atom. The second-order valence-electron chi connectivity index (χ2n) is 8.50. The van der Waals surface area contributed by atoms with Gasteiger partial charge in [-0.05, 0) is 41.3 Å². The summed E-state index contributed by atoms with van der Waals surface area (Å²) >= 11 is 0. The van der Waals surface area contributed by atoms with Gasteiger partial charge in [0.2, 0.25) is 0 Å². The minimum absolute atomic E-state index is 0.235. The van der Waals surface area contributed by atoms with Crippen LogP contribution in [0.1, 0.15) is 5.56 Å². The molecule has 0 saturated carbocycles. The van der Waals surface area contributed by atoms with Gasteiger partial charge in [0.1, 0.15) is 23.6 Å². The summed E-state index contributed by atoms with van der Waals surface area (Å²) in [4.78, 5) is 18.3. The molecule has 7 nitrogen and oxygen atoms in total. The van der Waals surface area contributed by atoms with Gasteiger partial charge in [0, 0.05) is 18.9 Å². The highest BCUT2D eigenvalue weighted by atomic mass is 16.5. The molecule has 0 aliphatic carbocycles. The SMILES string of the molecule is CN(CCOc1ccc(CC(Oc2cccc3ccccc23)C(=O)O)cc1)c1nc2ccccc2o1. The second-order valence-corrected chi connectivity index (χ2v) is 8.50. The summed E-state index contributed by atoms with van der Waals surface area (Å²) < 4.78 is 17.6. The molecule has 0 bridgehead atoms. The second kappa shape index (κ2) is 10.4. The molecule has 0 radical (unpaired) electrons. The lowest BCUT2D eigenvalue weighted by molar-refractivity contribution is -0.144. The minimum atomic E-state index is -1.01. The first-order valence-electron chi connectivity index (χ1n) is 11.7. The number of hydrogen-bond donors (Lipinski definition) is 1.